The predicted octanol–water partition coefficient (Wildman–Crippen LogP) is 1.55. The lowest BCUT2D eigenvalue weighted by molar-refractivity contribution is -0.128. The van der Waals surface area contributed by atoms with Gasteiger partial charge in [0.1, 0.15) is 11.5 Å². The Morgan fingerprint density at radius 2 is 2.30 bits per heavy atom. The van der Waals surface area contributed by atoms with Crippen LogP contribution < -0.4 is 5.32 Å². The summed E-state index contributed by atoms with van der Waals surface area (Å²) in [6, 6.07) is 3.81. The van der Waals surface area contributed by atoms with E-state index in [1.165, 1.54) is 0 Å². The standard InChI is InChI=1S/C14H20N4O2/c1-4-18(3)13(19)9-15-7-11-8-16-17-14(11)12-6-5-10(2)20-12/h5-6,8,15H,4,7,9H2,1-3H3,(H,16,17). The maximum atomic E-state index is 11.7. The number of amides is 1. The molecule has 2 rings (SSSR count). The third kappa shape index (κ3) is 3.27. The molecule has 0 atom stereocenters. The molecule has 0 spiro atoms. The lowest BCUT2D eigenvalue weighted by atomic mass is 10.2. The number of furan rings is 1. The van der Waals surface area contributed by atoms with Crippen LogP contribution in [-0.2, 0) is 11.3 Å². The van der Waals surface area contributed by atoms with Gasteiger partial charge in [-0.05, 0) is 26.0 Å². The van der Waals surface area contributed by atoms with E-state index >= 15 is 0 Å². The fourth-order valence-corrected chi connectivity index (χ4v) is 1.84. The third-order valence-electron chi connectivity index (χ3n) is 3.20. The van der Waals surface area contributed by atoms with Crippen molar-refractivity contribution in [2.45, 2.75) is 20.4 Å². The molecule has 20 heavy (non-hydrogen) atoms. The van der Waals surface area contributed by atoms with Gasteiger partial charge < -0.3 is 14.6 Å². The van der Waals surface area contributed by atoms with Gasteiger partial charge in [-0.1, -0.05) is 0 Å². The first kappa shape index (κ1) is 14.3. The summed E-state index contributed by atoms with van der Waals surface area (Å²) < 4.78 is 5.58. The minimum atomic E-state index is 0.0754. The molecule has 2 N–H and O–H groups in total. The van der Waals surface area contributed by atoms with Gasteiger partial charge in [0.05, 0.1) is 12.7 Å². The summed E-state index contributed by atoms with van der Waals surface area (Å²) in [4.78, 5) is 13.4. The van der Waals surface area contributed by atoms with E-state index in [1.807, 2.05) is 26.0 Å². The van der Waals surface area contributed by atoms with Gasteiger partial charge in [-0.2, -0.15) is 5.10 Å². The largest absolute Gasteiger partial charge is 0.460 e. The van der Waals surface area contributed by atoms with Crippen LogP contribution in [-0.4, -0.2) is 41.1 Å². The van der Waals surface area contributed by atoms with Crippen molar-refractivity contribution in [1.29, 1.82) is 0 Å². The van der Waals surface area contributed by atoms with E-state index in [-0.39, 0.29) is 5.91 Å². The molecular formula is C14H20N4O2. The van der Waals surface area contributed by atoms with Crippen molar-refractivity contribution >= 4 is 5.91 Å². The van der Waals surface area contributed by atoms with Gasteiger partial charge in [0.15, 0.2) is 5.76 Å². The number of nitrogens with zero attached hydrogens (tertiary/aromatic N) is 2. The molecule has 0 bridgehead atoms. The van der Waals surface area contributed by atoms with Crippen LogP contribution >= 0.6 is 0 Å². The Morgan fingerprint density at radius 3 is 2.95 bits per heavy atom. The highest BCUT2D eigenvalue weighted by Crippen LogP contribution is 2.23. The molecule has 108 valence electrons. The number of carbonyl (C=O) groups is 1. The second-order valence-corrected chi connectivity index (χ2v) is 4.69. The summed E-state index contributed by atoms with van der Waals surface area (Å²) >= 11 is 0. The third-order valence-corrected chi connectivity index (χ3v) is 3.20. The second kappa shape index (κ2) is 6.38. The quantitative estimate of drug-likeness (QED) is 0.839. The second-order valence-electron chi connectivity index (χ2n) is 4.69. The SMILES string of the molecule is CCN(C)C(=O)CNCc1cn[nH]c1-c1ccc(C)o1. The molecule has 6 nitrogen and oxygen atoms in total. The molecule has 0 saturated carbocycles. The average Bonchev–Trinajstić information content (AvgIpc) is 3.06. The lowest BCUT2D eigenvalue weighted by Crippen LogP contribution is -2.35. The molecule has 2 aromatic rings. The van der Waals surface area contributed by atoms with Gasteiger partial charge in [-0.3, -0.25) is 9.89 Å². The Kier molecular flexibility index (Phi) is 4.57. The molecule has 0 saturated heterocycles. The summed E-state index contributed by atoms with van der Waals surface area (Å²) in [5.41, 5.74) is 1.83. The number of aromatic amines is 1. The summed E-state index contributed by atoms with van der Waals surface area (Å²) in [5.74, 6) is 1.69. The van der Waals surface area contributed by atoms with Gasteiger partial charge in [-0.15, -0.1) is 0 Å². The number of aryl methyl sites for hydroxylation is 1. The number of nitrogens with one attached hydrogen (secondary N) is 2. The average molecular weight is 276 g/mol. The molecule has 2 heterocycles. The number of likely N-dealkylation sites (N-methyl/N-ethyl adjacent to an activating group) is 1. The van der Waals surface area contributed by atoms with Crippen LogP contribution in [0.2, 0.25) is 0 Å². The van der Waals surface area contributed by atoms with E-state index in [0.29, 0.717) is 19.6 Å². The highest BCUT2D eigenvalue weighted by Gasteiger charge is 2.12. The van der Waals surface area contributed by atoms with E-state index in [2.05, 4.69) is 15.5 Å². The van der Waals surface area contributed by atoms with Crippen LogP contribution in [0, 0.1) is 6.92 Å². The van der Waals surface area contributed by atoms with Crippen LogP contribution in [0.1, 0.15) is 18.2 Å². The Morgan fingerprint density at radius 1 is 1.50 bits per heavy atom. The molecule has 0 radical (unpaired) electrons. The summed E-state index contributed by atoms with van der Waals surface area (Å²) in [5, 5.41) is 10.1. The van der Waals surface area contributed by atoms with Gasteiger partial charge in [-0.25, -0.2) is 0 Å². The monoisotopic (exact) mass is 276 g/mol. The summed E-state index contributed by atoms with van der Waals surface area (Å²) in [7, 11) is 1.79. The Labute approximate surface area is 118 Å². The van der Waals surface area contributed by atoms with E-state index in [1.54, 1.807) is 18.1 Å². The number of hydrogen-bond acceptors (Lipinski definition) is 4. The number of H-pyrrole nitrogens is 1. The normalized spacial score (nSPS) is 10.8. The van der Waals surface area contributed by atoms with Crippen LogP contribution in [0.25, 0.3) is 11.5 Å². The maximum absolute atomic E-state index is 11.7. The fraction of sp³-hybridized carbons (Fsp3) is 0.429. The van der Waals surface area contributed by atoms with Gasteiger partial charge in [0.2, 0.25) is 5.91 Å². The number of aromatic nitrogens is 2. The molecule has 0 aliphatic carbocycles. The van der Waals surface area contributed by atoms with Crippen molar-refractivity contribution in [3.05, 3.63) is 29.7 Å². The molecule has 0 aromatic carbocycles. The smallest absolute Gasteiger partial charge is 0.236 e. The Hall–Kier alpha value is -2.08. The first-order valence-electron chi connectivity index (χ1n) is 6.65. The van der Waals surface area contributed by atoms with Gasteiger partial charge in [0, 0.05) is 25.7 Å². The van der Waals surface area contributed by atoms with Crippen molar-refractivity contribution in [2.75, 3.05) is 20.1 Å². The highest BCUT2D eigenvalue weighted by molar-refractivity contribution is 5.77. The van der Waals surface area contributed by atoms with Crippen LogP contribution in [0.5, 0.6) is 0 Å². The van der Waals surface area contributed by atoms with Crippen molar-refractivity contribution in [1.82, 2.24) is 20.4 Å². The summed E-state index contributed by atoms with van der Waals surface area (Å²) in [6.45, 7) is 5.44. The van der Waals surface area contributed by atoms with Crippen LogP contribution in [0.15, 0.2) is 22.7 Å². The van der Waals surface area contributed by atoms with Crippen LogP contribution in [0.4, 0.5) is 0 Å². The zero-order valence-corrected chi connectivity index (χ0v) is 12.1. The van der Waals surface area contributed by atoms with E-state index < -0.39 is 0 Å². The van der Waals surface area contributed by atoms with E-state index in [0.717, 1.165) is 22.8 Å². The molecule has 0 aliphatic rings. The first-order valence-corrected chi connectivity index (χ1v) is 6.65. The fourth-order valence-electron chi connectivity index (χ4n) is 1.84. The first-order chi connectivity index (χ1) is 9.61. The van der Waals surface area contributed by atoms with Gasteiger partial charge in [0.25, 0.3) is 0 Å². The zero-order valence-electron chi connectivity index (χ0n) is 12.1. The minimum absolute atomic E-state index is 0.0754. The van der Waals surface area contributed by atoms with Crippen LogP contribution in [0.3, 0.4) is 0 Å². The number of rotatable bonds is 6. The topological polar surface area (TPSA) is 74.2 Å². The predicted molar refractivity (Wildman–Crippen MR) is 76.0 cm³/mol. The molecule has 0 unspecified atom stereocenters. The van der Waals surface area contributed by atoms with Crippen molar-refractivity contribution in [3.63, 3.8) is 0 Å². The Balaban J connectivity index is 1.95. The molecular weight excluding hydrogens is 256 g/mol. The van der Waals surface area contributed by atoms with Crippen molar-refractivity contribution in [3.8, 4) is 11.5 Å². The molecule has 0 fully saturated rings. The molecule has 6 heteroatoms. The summed E-state index contributed by atoms with van der Waals surface area (Å²) in [6.07, 6.45) is 1.74. The highest BCUT2D eigenvalue weighted by atomic mass is 16.3. The van der Waals surface area contributed by atoms with Crippen molar-refractivity contribution < 1.29 is 9.21 Å². The zero-order chi connectivity index (χ0) is 14.5. The number of carbonyl (C=O) groups excluding carboxylic acids is 1. The van der Waals surface area contributed by atoms with Gasteiger partial charge >= 0.3 is 0 Å². The van der Waals surface area contributed by atoms with Crippen molar-refractivity contribution in [2.24, 2.45) is 0 Å². The maximum Gasteiger partial charge on any atom is 0.236 e. The lowest BCUT2D eigenvalue weighted by Gasteiger charge is -2.14. The molecule has 0 aliphatic heterocycles. The Bertz CT molecular complexity index is 573. The minimum Gasteiger partial charge on any atom is -0.460 e. The van der Waals surface area contributed by atoms with E-state index in [9.17, 15) is 4.79 Å². The van der Waals surface area contributed by atoms with E-state index in [4.69, 9.17) is 4.42 Å². The molecule has 2 aromatic heterocycles. The molecule has 1 amide bonds. The number of hydrogen-bond donors (Lipinski definition) is 2.